The molecule has 0 spiro atoms. The number of carbonyl (C=O) groups excluding carboxylic acids is 1. The zero-order valence-corrected chi connectivity index (χ0v) is 14.3. The van der Waals surface area contributed by atoms with Gasteiger partial charge in [-0.25, -0.2) is 4.98 Å². The number of aryl methyl sites for hydroxylation is 2. The van der Waals surface area contributed by atoms with E-state index in [1.54, 1.807) is 16.8 Å². The Hall–Kier alpha value is -3.41. The molecule has 1 amide bonds. The van der Waals surface area contributed by atoms with Gasteiger partial charge in [0.15, 0.2) is 5.65 Å². The molecule has 0 aliphatic heterocycles. The molecular weight excluding hydrogens is 328 g/mol. The topological polar surface area (TPSA) is 68.4 Å². The summed E-state index contributed by atoms with van der Waals surface area (Å²) in [6, 6.07) is 15.0. The molecule has 4 aromatic rings. The molecule has 6 heteroatoms. The van der Waals surface area contributed by atoms with Crippen LogP contribution in [-0.4, -0.2) is 19.9 Å². The predicted molar refractivity (Wildman–Crippen MR) is 101 cm³/mol. The van der Waals surface area contributed by atoms with Crippen molar-refractivity contribution in [1.29, 1.82) is 0 Å². The molecule has 26 heavy (non-hydrogen) atoms. The van der Waals surface area contributed by atoms with Gasteiger partial charge < -0.3 is 9.72 Å². The van der Waals surface area contributed by atoms with E-state index in [9.17, 15) is 9.59 Å². The van der Waals surface area contributed by atoms with Gasteiger partial charge in [0.05, 0.1) is 5.52 Å². The summed E-state index contributed by atoms with van der Waals surface area (Å²) in [6.45, 7) is 2.21. The van der Waals surface area contributed by atoms with E-state index < -0.39 is 0 Å². The Kier molecular flexibility index (Phi) is 4.01. The molecule has 1 N–H and O–H groups in total. The summed E-state index contributed by atoms with van der Waals surface area (Å²) in [4.78, 5) is 29.5. The number of amides is 1. The first kappa shape index (κ1) is 16.1. The molecular formula is C20H18N4O2. The van der Waals surface area contributed by atoms with Crippen molar-refractivity contribution in [3.05, 3.63) is 76.8 Å². The number of anilines is 1. The average Bonchev–Trinajstić information content (AvgIpc) is 3.14. The maximum atomic E-state index is 12.8. The van der Waals surface area contributed by atoms with Gasteiger partial charge in [-0.05, 0) is 42.8 Å². The number of pyridine rings is 1. The largest absolute Gasteiger partial charge is 0.326 e. The Balaban J connectivity index is 1.64. The Morgan fingerprint density at radius 3 is 2.73 bits per heavy atom. The van der Waals surface area contributed by atoms with Crippen molar-refractivity contribution in [1.82, 2.24) is 14.0 Å². The lowest BCUT2D eigenvalue weighted by Crippen LogP contribution is -2.25. The summed E-state index contributed by atoms with van der Waals surface area (Å²) >= 11 is 0. The van der Waals surface area contributed by atoms with Gasteiger partial charge in [-0.1, -0.05) is 18.2 Å². The minimum absolute atomic E-state index is 0.134. The van der Waals surface area contributed by atoms with E-state index in [0.717, 1.165) is 16.8 Å². The molecule has 3 aromatic heterocycles. The molecule has 1 aromatic carbocycles. The second-order valence-electron chi connectivity index (χ2n) is 6.18. The van der Waals surface area contributed by atoms with Gasteiger partial charge in [0.25, 0.3) is 5.56 Å². The van der Waals surface area contributed by atoms with Crippen molar-refractivity contribution in [2.75, 3.05) is 5.32 Å². The Bertz CT molecular complexity index is 1170. The van der Waals surface area contributed by atoms with Crippen LogP contribution in [0.15, 0.2) is 65.7 Å². The van der Waals surface area contributed by atoms with Crippen molar-refractivity contribution in [3.63, 3.8) is 0 Å². The first-order valence-corrected chi connectivity index (χ1v) is 8.45. The lowest BCUT2D eigenvalue weighted by Gasteiger charge is -2.12. The van der Waals surface area contributed by atoms with E-state index in [4.69, 9.17) is 0 Å². The number of fused-ring (bicyclic) bond motifs is 3. The molecule has 0 saturated carbocycles. The standard InChI is InChI=1S/C20H18N4O2/c1-14-6-2-3-7-15(14)22-18(25)10-13-24-19-16(8-4-11-21-19)23-12-5-9-17(23)20(24)26/h2-9,11-12H,10,13H2,1H3,(H,22,25). The van der Waals surface area contributed by atoms with Crippen LogP contribution in [0.4, 0.5) is 5.69 Å². The number of nitrogens with zero attached hydrogens (tertiary/aromatic N) is 3. The quantitative estimate of drug-likeness (QED) is 0.618. The second-order valence-corrected chi connectivity index (χ2v) is 6.18. The van der Waals surface area contributed by atoms with Crippen LogP contribution in [0.1, 0.15) is 12.0 Å². The van der Waals surface area contributed by atoms with Gasteiger partial charge in [0.1, 0.15) is 5.52 Å². The van der Waals surface area contributed by atoms with Crippen molar-refractivity contribution >= 4 is 28.3 Å². The van der Waals surface area contributed by atoms with Crippen LogP contribution in [0.3, 0.4) is 0 Å². The van der Waals surface area contributed by atoms with E-state index in [0.29, 0.717) is 11.2 Å². The summed E-state index contributed by atoms with van der Waals surface area (Å²) < 4.78 is 3.40. The van der Waals surface area contributed by atoms with Crippen LogP contribution in [0.5, 0.6) is 0 Å². The first-order chi connectivity index (χ1) is 12.6. The number of nitrogens with one attached hydrogen (secondary N) is 1. The molecule has 130 valence electrons. The van der Waals surface area contributed by atoms with Gasteiger partial charge in [-0.2, -0.15) is 0 Å². The smallest absolute Gasteiger partial charge is 0.276 e. The van der Waals surface area contributed by atoms with Crippen molar-refractivity contribution in [2.24, 2.45) is 0 Å². The highest BCUT2D eigenvalue weighted by Gasteiger charge is 2.12. The van der Waals surface area contributed by atoms with Gasteiger partial charge in [0, 0.05) is 31.0 Å². The fourth-order valence-corrected chi connectivity index (χ4v) is 3.13. The molecule has 4 rings (SSSR count). The highest BCUT2D eigenvalue weighted by atomic mass is 16.2. The summed E-state index contributed by atoms with van der Waals surface area (Å²) in [5.41, 5.74) is 3.63. The molecule has 0 aliphatic rings. The summed E-state index contributed by atoms with van der Waals surface area (Å²) in [6.07, 6.45) is 3.69. The van der Waals surface area contributed by atoms with Crippen LogP contribution >= 0.6 is 0 Å². The van der Waals surface area contributed by atoms with Crippen molar-refractivity contribution < 1.29 is 4.79 Å². The SMILES string of the molecule is Cc1ccccc1NC(=O)CCn1c(=O)c2cccn2c2cccnc21. The second kappa shape index (κ2) is 6.48. The van der Waals surface area contributed by atoms with Gasteiger partial charge in [-0.15, -0.1) is 0 Å². The maximum Gasteiger partial charge on any atom is 0.276 e. The van der Waals surface area contributed by atoms with Gasteiger partial charge >= 0.3 is 0 Å². The van der Waals surface area contributed by atoms with Crippen molar-refractivity contribution in [2.45, 2.75) is 19.9 Å². The van der Waals surface area contributed by atoms with Gasteiger partial charge in [0.2, 0.25) is 5.91 Å². The molecule has 3 heterocycles. The summed E-state index contributed by atoms with van der Waals surface area (Å²) in [5.74, 6) is -0.134. The fraction of sp³-hybridized carbons (Fsp3) is 0.150. The van der Waals surface area contributed by atoms with Gasteiger partial charge in [-0.3, -0.25) is 14.2 Å². The maximum absolute atomic E-state index is 12.8. The third-order valence-electron chi connectivity index (χ3n) is 4.48. The van der Waals surface area contributed by atoms with Crippen LogP contribution in [0.2, 0.25) is 0 Å². The molecule has 0 aliphatic carbocycles. The monoisotopic (exact) mass is 346 g/mol. The molecule has 0 unspecified atom stereocenters. The number of benzene rings is 1. The minimum atomic E-state index is -0.148. The predicted octanol–water partition coefficient (Wildman–Crippen LogP) is 2.99. The first-order valence-electron chi connectivity index (χ1n) is 8.45. The number of para-hydroxylation sites is 1. The van der Waals surface area contributed by atoms with Crippen LogP contribution in [0, 0.1) is 6.92 Å². The van der Waals surface area contributed by atoms with E-state index in [1.165, 1.54) is 0 Å². The molecule has 6 nitrogen and oxygen atoms in total. The third-order valence-corrected chi connectivity index (χ3v) is 4.48. The number of aromatic nitrogens is 3. The number of hydrogen-bond donors (Lipinski definition) is 1. The third kappa shape index (κ3) is 2.75. The van der Waals surface area contributed by atoms with E-state index in [1.807, 2.05) is 60.0 Å². The lowest BCUT2D eigenvalue weighted by atomic mass is 10.2. The normalized spacial score (nSPS) is 11.1. The Morgan fingerprint density at radius 1 is 1.08 bits per heavy atom. The Morgan fingerprint density at radius 2 is 1.88 bits per heavy atom. The fourth-order valence-electron chi connectivity index (χ4n) is 3.13. The lowest BCUT2D eigenvalue weighted by molar-refractivity contribution is -0.116. The molecule has 0 atom stereocenters. The number of carbonyl (C=O) groups is 1. The molecule has 0 saturated heterocycles. The van der Waals surface area contributed by atoms with E-state index in [2.05, 4.69) is 10.3 Å². The van der Waals surface area contributed by atoms with Crippen LogP contribution < -0.4 is 10.9 Å². The van der Waals surface area contributed by atoms with E-state index in [-0.39, 0.29) is 24.4 Å². The number of rotatable bonds is 4. The summed E-state index contributed by atoms with van der Waals surface area (Å²) in [5, 5.41) is 2.90. The zero-order valence-electron chi connectivity index (χ0n) is 14.3. The highest BCUT2D eigenvalue weighted by Crippen LogP contribution is 2.15. The Labute approximate surface area is 149 Å². The summed E-state index contributed by atoms with van der Waals surface area (Å²) in [7, 11) is 0. The van der Waals surface area contributed by atoms with Crippen LogP contribution in [-0.2, 0) is 11.3 Å². The van der Waals surface area contributed by atoms with Crippen LogP contribution in [0.25, 0.3) is 16.7 Å². The zero-order chi connectivity index (χ0) is 18.1. The highest BCUT2D eigenvalue weighted by molar-refractivity contribution is 5.91. The minimum Gasteiger partial charge on any atom is -0.326 e. The molecule has 0 fully saturated rings. The van der Waals surface area contributed by atoms with E-state index >= 15 is 0 Å². The van der Waals surface area contributed by atoms with Crippen molar-refractivity contribution in [3.8, 4) is 0 Å². The molecule has 0 bridgehead atoms. The number of hydrogen-bond acceptors (Lipinski definition) is 3. The molecule has 0 radical (unpaired) electrons. The average molecular weight is 346 g/mol.